The smallest absolute Gasteiger partial charge is 0.193 e. The Balaban J connectivity index is 1.45. The van der Waals surface area contributed by atoms with Crippen LogP contribution in [0.15, 0.2) is 85.5 Å². The van der Waals surface area contributed by atoms with Crippen LogP contribution in [0.1, 0.15) is 27.9 Å². The van der Waals surface area contributed by atoms with E-state index in [-0.39, 0.29) is 5.78 Å². The van der Waals surface area contributed by atoms with Gasteiger partial charge in [0.25, 0.3) is 0 Å². The van der Waals surface area contributed by atoms with E-state index in [0.29, 0.717) is 35.8 Å². The van der Waals surface area contributed by atoms with Gasteiger partial charge in [-0.15, -0.1) is 6.58 Å². The highest BCUT2D eigenvalue weighted by Crippen LogP contribution is 2.28. The van der Waals surface area contributed by atoms with Gasteiger partial charge in [-0.05, 0) is 48.4 Å². The number of carbonyl (C=O) groups is 1. The maximum absolute atomic E-state index is 12.4. The van der Waals surface area contributed by atoms with Gasteiger partial charge in [-0.25, -0.2) is 0 Å². The van der Waals surface area contributed by atoms with Gasteiger partial charge in [-0.2, -0.15) is 0 Å². The summed E-state index contributed by atoms with van der Waals surface area (Å²) in [5, 5.41) is 0. The summed E-state index contributed by atoms with van der Waals surface area (Å²) in [5.74, 6) is 2.16. The second kappa shape index (κ2) is 10.9. The Bertz CT molecular complexity index is 962. The summed E-state index contributed by atoms with van der Waals surface area (Å²) in [6, 6.07) is 22.3. The fraction of sp³-hybridized carbons (Fsp3) is 0.192. The molecule has 0 amide bonds. The van der Waals surface area contributed by atoms with E-state index in [2.05, 4.69) is 6.58 Å². The van der Waals surface area contributed by atoms with E-state index < -0.39 is 0 Å². The van der Waals surface area contributed by atoms with Crippen LogP contribution < -0.4 is 14.2 Å². The summed E-state index contributed by atoms with van der Waals surface area (Å²) in [7, 11) is 1.63. The van der Waals surface area contributed by atoms with Crippen molar-refractivity contribution >= 4 is 5.78 Å². The summed E-state index contributed by atoms with van der Waals surface area (Å²) in [6.07, 6.45) is 3.37. The number of rotatable bonds is 11. The molecule has 0 heterocycles. The quantitative estimate of drug-likeness (QED) is 0.241. The molecule has 3 aromatic carbocycles. The highest BCUT2D eigenvalue weighted by atomic mass is 16.5. The lowest BCUT2D eigenvalue weighted by Crippen LogP contribution is -2.06. The Hall–Kier alpha value is -3.53. The summed E-state index contributed by atoms with van der Waals surface area (Å²) < 4.78 is 17.0. The molecule has 0 fully saturated rings. The fourth-order valence-corrected chi connectivity index (χ4v) is 3.01. The molecule has 0 radical (unpaired) electrons. The molecule has 0 bridgehead atoms. The zero-order chi connectivity index (χ0) is 21.2. The van der Waals surface area contributed by atoms with Crippen LogP contribution in [0.3, 0.4) is 0 Å². The molecule has 0 aliphatic rings. The largest absolute Gasteiger partial charge is 0.493 e. The molecule has 0 aromatic heterocycles. The van der Waals surface area contributed by atoms with E-state index in [0.717, 1.165) is 24.2 Å². The standard InChI is InChI=1S/C26H26O4/c1-3-8-20-11-16-24(25(19-20)28-2)30-18-7-17-29-23-14-12-22(13-15-23)26(27)21-9-5-4-6-10-21/h3-6,9-16,19H,1,7-8,17-18H2,2H3. The zero-order valence-corrected chi connectivity index (χ0v) is 17.2. The molecule has 4 nitrogen and oxygen atoms in total. The maximum Gasteiger partial charge on any atom is 0.193 e. The summed E-state index contributed by atoms with van der Waals surface area (Å²) in [6.45, 7) is 4.79. The first-order valence-corrected chi connectivity index (χ1v) is 9.94. The van der Waals surface area contributed by atoms with Crippen molar-refractivity contribution in [3.05, 3.63) is 102 Å². The Morgan fingerprint density at radius 2 is 1.57 bits per heavy atom. The molecular formula is C26H26O4. The molecule has 3 aromatic rings. The SMILES string of the molecule is C=CCc1ccc(OCCCOc2ccc(C(=O)c3ccccc3)cc2)c(OC)c1. The molecule has 0 unspecified atom stereocenters. The Morgan fingerprint density at radius 3 is 2.27 bits per heavy atom. The second-order valence-electron chi connectivity index (χ2n) is 6.75. The minimum Gasteiger partial charge on any atom is -0.493 e. The van der Waals surface area contributed by atoms with E-state index in [4.69, 9.17) is 14.2 Å². The first-order chi connectivity index (χ1) is 14.7. The van der Waals surface area contributed by atoms with E-state index in [1.54, 1.807) is 19.2 Å². The minimum absolute atomic E-state index is 0.00334. The minimum atomic E-state index is 0.00334. The molecule has 3 rings (SSSR count). The lowest BCUT2D eigenvalue weighted by Gasteiger charge is -2.12. The topological polar surface area (TPSA) is 44.8 Å². The lowest BCUT2D eigenvalue weighted by molar-refractivity contribution is 0.103. The summed E-state index contributed by atoms with van der Waals surface area (Å²) >= 11 is 0. The molecule has 4 heteroatoms. The van der Waals surface area contributed by atoms with Gasteiger partial charge in [0.15, 0.2) is 17.3 Å². The zero-order valence-electron chi connectivity index (χ0n) is 17.2. The van der Waals surface area contributed by atoms with Gasteiger partial charge in [0.2, 0.25) is 0 Å². The third kappa shape index (κ3) is 5.74. The first kappa shape index (κ1) is 21.2. The Morgan fingerprint density at radius 1 is 0.867 bits per heavy atom. The Labute approximate surface area is 177 Å². The van der Waals surface area contributed by atoms with Crippen molar-refractivity contribution in [2.45, 2.75) is 12.8 Å². The lowest BCUT2D eigenvalue weighted by atomic mass is 10.0. The number of ether oxygens (including phenoxy) is 3. The third-order valence-corrected chi connectivity index (χ3v) is 4.58. The predicted octanol–water partition coefficient (Wildman–Crippen LogP) is 5.50. The molecule has 0 N–H and O–H groups in total. The molecular weight excluding hydrogens is 376 g/mol. The van der Waals surface area contributed by atoms with Crippen LogP contribution in [-0.4, -0.2) is 26.1 Å². The number of hydrogen-bond acceptors (Lipinski definition) is 4. The van der Waals surface area contributed by atoms with E-state index >= 15 is 0 Å². The van der Waals surface area contributed by atoms with E-state index in [9.17, 15) is 4.79 Å². The normalized spacial score (nSPS) is 10.3. The van der Waals surface area contributed by atoms with Gasteiger partial charge in [0.05, 0.1) is 20.3 Å². The van der Waals surface area contributed by atoms with Gasteiger partial charge in [0.1, 0.15) is 5.75 Å². The van der Waals surface area contributed by atoms with Crippen molar-refractivity contribution in [2.24, 2.45) is 0 Å². The van der Waals surface area contributed by atoms with E-state index in [1.807, 2.05) is 66.7 Å². The molecule has 0 saturated heterocycles. The van der Waals surface area contributed by atoms with Crippen LogP contribution in [0.25, 0.3) is 0 Å². The number of methoxy groups -OCH3 is 1. The monoisotopic (exact) mass is 402 g/mol. The van der Waals surface area contributed by atoms with Crippen LogP contribution in [0.5, 0.6) is 17.2 Å². The molecule has 0 atom stereocenters. The maximum atomic E-state index is 12.4. The van der Waals surface area contributed by atoms with Crippen LogP contribution in [-0.2, 0) is 6.42 Å². The van der Waals surface area contributed by atoms with Crippen LogP contribution in [0, 0.1) is 0 Å². The van der Waals surface area contributed by atoms with Crippen molar-refractivity contribution in [3.8, 4) is 17.2 Å². The first-order valence-electron chi connectivity index (χ1n) is 9.94. The van der Waals surface area contributed by atoms with Crippen molar-refractivity contribution in [2.75, 3.05) is 20.3 Å². The van der Waals surface area contributed by atoms with Crippen molar-refractivity contribution in [3.63, 3.8) is 0 Å². The highest BCUT2D eigenvalue weighted by molar-refractivity contribution is 6.08. The summed E-state index contributed by atoms with van der Waals surface area (Å²) in [4.78, 5) is 12.4. The summed E-state index contributed by atoms with van der Waals surface area (Å²) in [5.41, 5.74) is 2.45. The highest BCUT2D eigenvalue weighted by Gasteiger charge is 2.08. The van der Waals surface area contributed by atoms with Gasteiger partial charge in [-0.1, -0.05) is 42.5 Å². The number of carbonyl (C=O) groups excluding carboxylic acids is 1. The average Bonchev–Trinajstić information content (AvgIpc) is 2.80. The number of ketones is 1. The van der Waals surface area contributed by atoms with Gasteiger partial charge >= 0.3 is 0 Å². The number of hydrogen-bond donors (Lipinski definition) is 0. The van der Waals surface area contributed by atoms with Gasteiger partial charge in [-0.3, -0.25) is 4.79 Å². The predicted molar refractivity (Wildman–Crippen MR) is 119 cm³/mol. The van der Waals surface area contributed by atoms with Crippen molar-refractivity contribution < 1.29 is 19.0 Å². The molecule has 0 aliphatic heterocycles. The molecule has 0 spiro atoms. The number of benzene rings is 3. The van der Waals surface area contributed by atoms with Crippen LogP contribution in [0.4, 0.5) is 0 Å². The van der Waals surface area contributed by atoms with Gasteiger partial charge in [0, 0.05) is 17.5 Å². The third-order valence-electron chi connectivity index (χ3n) is 4.58. The molecule has 30 heavy (non-hydrogen) atoms. The van der Waals surface area contributed by atoms with Crippen LogP contribution >= 0.6 is 0 Å². The van der Waals surface area contributed by atoms with Crippen molar-refractivity contribution in [1.82, 2.24) is 0 Å². The average molecular weight is 402 g/mol. The fourth-order valence-electron chi connectivity index (χ4n) is 3.01. The second-order valence-corrected chi connectivity index (χ2v) is 6.75. The van der Waals surface area contributed by atoms with E-state index in [1.165, 1.54) is 0 Å². The van der Waals surface area contributed by atoms with Gasteiger partial charge < -0.3 is 14.2 Å². The Kier molecular flexibility index (Phi) is 7.67. The van der Waals surface area contributed by atoms with Crippen molar-refractivity contribution in [1.29, 1.82) is 0 Å². The molecule has 0 saturated carbocycles. The number of allylic oxidation sites excluding steroid dienone is 1. The molecule has 0 aliphatic carbocycles. The molecule has 154 valence electrons. The van der Waals surface area contributed by atoms with Crippen LogP contribution in [0.2, 0.25) is 0 Å².